The van der Waals surface area contributed by atoms with Gasteiger partial charge in [-0.2, -0.15) is 18.3 Å². The van der Waals surface area contributed by atoms with E-state index in [4.69, 9.17) is 4.98 Å². The monoisotopic (exact) mass is 399 g/mol. The maximum absolute atomic E-state index is 12.9. The van der Waals surface area contributed by atoms with E-state index < -0.39 is 11.7 Å². The van der Waals surface area contributed by atoms with Gasteiger partial charge in [0, 0.05) is 24.0 Å². The van der Waals surface area contributed by atoms with Crippen molar-refractivity contribution in [1.82, 2.24) is 19.5 Å². The normalized spacial score (nSPS) is 12.2. The van der Waals surface area contributed by atoms with Gasteiger partial charge < -0.3 is 10.2 Å². The Hall–Kier alpha value is -3.13. The minimum absolute atomic E-state index is 0.593. The Bertz CT molecular complexity index is 1150. The molecule has 0 unspecified atom stereocenters. The maximum atomic E-state index is 12.9. The van der Waals surface area contributed by atoms with Gasteiger partial charge in [0.2, 0.25) is 0 Å². The van der Waals surface area contributed by atoms with E-state index in [0.717, 1.165) is 35.4 Å². The molecule has 5 nitrogen and oxygen atoms in total. The first kappa shape index (κ1) is 19.2. The van der Waals surface area contributed by atoms with Gasteiger partial charge in [-0.25, -0.2) is 9.50 Å². The molecule has 0 amide bonds. The smallest absolute Gasteiger partial charge is 0.368 e. The Kier molecular flexibility index (Phi) is 4.87. The number of nitrogens with one attached hydrogen (secondary N) is 1. The van der Waals surface area contributed by atoms with Crippen LogP contribution in [0.3, 0.4) is 0 Å². The summed E-state index contributed by atoms with van der Waals surface area (Å²) in [6, 6.07) is 12.8. The molecule has 0 saturated carbocycles. The average molecular weight is 399 g/mol. The summed E-state index contributed by atoms with van der Waals surface area (Å²) in [6.45, 7) is 1.55. The first-order valence-electron chi connectivity index (χ1n) is 9.17. The van der Waals surface area contributed by atoms with Gasteiger partial charge in [-0.3, -0.25) is 0 Å². The molecule has 0 aliphatic carbocycles. The zero-order valence-electron chi connectivity index (χ0n) is 16.0. The van der Waals surface area contributed by atoms with E-state index in [9.17, 15) is 13.2 Å². The summed E-state index contributed by atoms with van der Waals surface area (Å²) >= 11 is 0. The van der Waals surface area contributed by atoms with Crippen molar-refractivity contribution in [2.24, 2.45) is 0 Å². The summed E-state index contributed by atoms with van der Waals surface area (Å²) in [6.07, 6.45) is -2.72. The Labute approximate surface area is 165 Å². The highest BCUT2D eigenvalue weighted by atomic mass is 19.4. The molecule has 2 aromatic carbocycles. The van der Waals surface area contributed by atoms with Gasteiger partial charge in [0.05, 0.1) is 17.3 Å². The second-order valence-electron chi connectivity index (χ2n) is 7.08. The fourth-order valence-electron chi connectivity index (χ4n) is 3.23. The van der Waals surface area contributed by atoms with E-state index in [2.05, 4.69) is 15.3 Å². The lowest BCUT2D eigenvalue weighted by molar-refractivity contribution is -0.137. The number of benzene rings is 2. The standard InChI is InChI=1S/C21H20F3N5/c1-28(2)12-11-25-19-16-5-3-4-6-18(16)29-20(27-19)17(13-26-29)14-7-9-15(10-8-14)21(22,23)24/h3-10,13H,11-12H2,1-2H3,(H,25,27). The van der Waals surface area contributed by atoms with Gasteiger partial charge in [-0.15, -0.1) is 0 Å². The third-order valence-corrected chi connectivity index (χ3v) is 4.72. The Balaban J connectivity index is 1.81. The van der Waals surface area contributed by atoms with Crippen LogP contribution in [0.2, 0.25) is 0 Å². The summed E-state index contributed by atoms with van der Waals surface area (Å²) in [5.74, 6) is 0.726. The van der Waals surface area contributed by atoms with Crippen LogP contribution in [-0.2, 0) is 6.18 Å². The number of fused-ring (bicyclic) bond motifs is 3. The largest absolute Gasteiger partial charge is 0.416 e. The lowest BCUT2D eigenvalue weighted by atomic mass is 10.1. The molecule has 8 heteroatoms. The number of halogens is 3. The lowest BCUT2D eigenvalue weighted by Crippen LogP contribution is -2.21. The number of alkyl halides is 3. The molecule has 0 fully saturated rings. The molecule has 4 rings (SSSR count). The van der Waals surface area contributed by atoms with Crippen LogP contribution in [-0.4, -0.2) is 46.7 Å². The summed E-state index contributed by atoms with van der Waals surface area (Å²) in [5, 5.41) is 8.74. The first-order chi connectivity index (χ1) is 13.8. The molecule has 4 aromatic rings. The van der Waals surface area contributed by atoms with Gasteiger partial charge in [0.25, 0.3) is 0 Å². The molecule has 29 heavy (non-hydrogen) atoms. The molecule has 1 N–H and O–H groups in total. The topological polar surface area (TPSA) is 45.5 Å². The van der Waals surface area contributed by atoms with Crippen molar-refractivity contribution in [2.45, 2.75) is 6.18 Å². The second-order valence-corrected chi connectivity index (χ2v) is 7.08. The Morgan fingerprint density at radius 3 is 2.45 bits per heavy atom. The van der Waals surface area contributed by atoms with Crippen molar-refractivity contribution in [3.8, 4) is 11.1 Å². The van der Waals surface area contributed by atoms with Crippen LogP contribution in [0.1, 0.15) is 5.56 Å². The van der Waals surface area contributed by atoms with Gasteiger partial charge >= 0.3 is 6.18 Å². The third-order valence-electron chi connectivity index (χ3n) is 4.72. The van der Waals surface area contributed by atoms with Crippen LogP contribution in [0.4, 0.5) is 19.0 Å². The SMILES string of the molecule is CN(C)CCNc1nc2c(-c3ccc(C(F)(F)F)cc3)cnn2c2ccccc12. The van der Waals surface area contributed by atoms with Crippen molar-refractivity contribution < 1.29 is 13.2 Å². The highest BCUT2D eigenvalue weighted by Gasteiger charge is 2.30. The minimum Gasteiger partial charge on any atom is -0.368 e. The highest BCUT2D eigenvalue weighted by molar-refractivity contribution is 5.93. The second kappa shape index (κ2) is 7.36. The predicted molar refractivity (Wildman–Crippen MR) is 108 cm³/mol. The van der Waals surface area contributed by atoms with Crippen LogP contribution in [0.15, 0.2) is 54.7 Å². The predicted octanol–water partition coefficient (Wildman–Crippen LogP) is 4.54. The molecule has 0 bridgehead atoms. The molecule has 0 spiro atoms. The average Bonchev–Trinajstić information content (AvgIpc) is 3.11. The van der Waals surface area contributed by atoms with E-state index in [0.29, 0.717) is 23.3 Å². The third kappa shape index (κ3) is 3.75. The number of likely N-dealkylation sites (N-methyl/N-ethyl adjacent to an activating group) is 1. The van der Waals surface area contributed by atoms with E-state index in [1.54, 1.807) is 10.7 Å². The number of anilines is 1. The number of para-hydroxylation sites is 1. The van der Waals surface area contributed by atoms with Gasteiger partial charge in [-0.05, 0) is 43.9 Å². The van der Waals surface area contributed by atoms with Crippen LogP contribution >= 0.6 is 0 Å². The van der Waals surface area contributed by atoms with E-state index >= 15 is 0 Å². The zero-order chi connectivity index (χ0) is 20.6. The minimum atomic E-state index is -4.36. The Morgan fingerprint density at radius 1 is 1.03 bits per heavy atom. The fraction of sp³-hybridized carbons (Fsp3) is 0.238. The summed E-state index contributed by atoms with van der Waals surface area (Å²) in [5.41, 5.74) is 2.11. The first-order valence-corrected chi connectivity index (χ1v) is 9.17. The van der Waals surface area contributed by atoms with Crippen molar-refractivity contribution in [2.75, 3.05) is 32.5 Å². The molecule has 0 saturated heterocycles. The van der Waals surface area contributed by atoms with Crippen molar-refractivity contribution >= 4 is 22.4 Å². The number of hydrogen-bond acceptors (Lipinski definition) is 4. The van der Waals surface area contributed by atoms with E-state index in [-0.39, 0.29) is 0 Å². The van der Waals surface area contributed by atoms with Gasteiger partial charge in [-0.1, -0.05) is 24.3 Å². The van der Waals surface area contributed by atoms with Crippen LogP contribution in [0.5, 0.6) is 0 Å². The molecular formula is C21H20F3N5. The number of rotatable bonds is 5. The molecule has 0 aliphatic rings. The molecular weight excluding hydrogens is 379 g/mol. The van der Waals surface area contributed by atoms with Crippen LogP contribution in [0, 0.1) is 0 Å². The summed E-state index contributed by atoms with van der Waals surface area (Å²) < 4.78 is 40.4. The van der Waals surface area contributed by atoms with Crippen molar-refractivity contribution in [1.29, 1.82) is 0 Å². The number of hydrogen-bond donors (Lipinski definition) is 1. The quantitative estimate of drug-likeness (QED) is 0.535. The van der Waals surface area contributed by atoms with Crippen LogP contribution < -0.4 is 5.32 Å². The lowest BCUT2D eigenvalue weighted by Gasteiger charge is -2.13. The molecule has 2 heterocycles. The fourth-order valence-corrected chi connectivity index (χ4v) is 3.23. The summed E-state index contributed by atoms with van der Waals surface area (Å²) in [4.78, 5) is 6.83. The molecule has 0 radical (unpaired) electrons. The molecule has 0 aliphatic heterocycles. The van der Waals surface area contributed by atoms with E-state index in [1.165, 1.54) is 12.1 Å². The van der Waals surface area contributed by atoms with Crippen molar-refractivity contribution in [3.63, 3.8) is 0 Å². The highest BCUT2D eigenvalue weighted by Crippen LogP contribution is 2.33. The molecule has 150 valence electrons. The number of nitrogens with zero attached hydrogens (tertiary/aromatic N) is 4. The van der Waals surface area contributed by atoms with Crippen LogP contribution in [0.25, 0.3) is 27.7 Å². The molecule has 0 atom stereocenters. The van der Waals surface area contributed by atoms with Crippen molar-refractivity contribution in [3.05, 3.63) is 60.3 Å². The maximum Gasteiger partial charge on any atom is 0.416 e. The Morgan fingerprint density at radius 2 is 1.76 bits per heavy atom. The van der Waals surface area contributed by atoms with Gasteiger partial charge in [0.1, 0.15) is 5.82 Å². The number of aromatic nitrogens is 3. The zero-order valence-corrected chi connectivity index (χ0v) is 16.0. The van der Waals surface area contributed by atoms with Gasteiger partial charge in [0.15, 0.2) is 5.65 Å². The molecule has 2 aromatic heterocycles. The summed E-state index contributed by atoms with van der Waals surface area (Å²) in [7, 11) is 3.99. The van der Waals surface area contributed by atoms with E-state index in [1.807, 2.05) is 38.4 Å².